The molecule has 0 spiro atoms. The normalized spacial score (nSPS) is 26.1. The average Bonchev–Trinajstić information content (AvgIpc) is 3.81. The first kappa shape index (κ1) is 48.1. The molecule has 4 aromatic rings. The number of hydrogen-bond acceptors (Lipinski definition) is 20. The molecule has 3 aliphatic rings. The van der Waals surface area contributed by atoms with E-state index in [0.29, 0.717) is 23.4 Å². The molecule has 2 aromatic carbocycles. The number of carbonyl (C=O) groups is 2. The summed E-state index contributed by atoms with van der Waals surface area (Å²) < 4.78 is 46.3. The van der Waals surface area contributed by atoms with Gasteiger partial charge >= 0.3 is 21.7 Å². The van der Waals surface area contributed by atoms with Crippen LogP contribution in [0.1, 0.15) is 48.6 Å². The van der Waals surface area contributed by atoms with Gasteiger partial charge in [0, 0.05) is 12.0 Å². The molecule has 13 N–H and O–H groups in total. The summed E-state index contributed by atoms with van der Waals surface area (Å²) in [5.74, 6) is -1.63. The number of nitrogens with zero attached hydrogens (tertiary/aromatic N) is 6. The van der Waals surface area contributed by atoms with E-state index in [2.05, 4.69) is 34.9 Å². The molecule has 27 heteroatoms. The topological polar surface area (TPSA) is 382 Å². The van der Waals surface area contributed by atoms with E-state index in [1.54, 1.807) is 42.5 Å². The van der Waals surface area contributed by atoms with Gasteiger partial charge in [-0.25, -0.2) is 28.9 Å². The molecule has 2 aromatic heterocycles. The van der Waals surface area contributed by atoms with Crippen LogP contribution in [0.2, 0.25) is 0 Å². The molecule has 25 nitrogen and oxygen atoms in total. The number of nitrogens with one attached hydrogen (secondary N) is 2. The van der Waals surface area contributed by atoms with Gasteiger partial charge in [0.1, 0.15) is 48.5 Å². The van der Waals surface area contributed by atoms with Crippen molar-refractivity contribution in [3.8, 4) is 0 Å². The van der Waals surface area contributed by atoms with E-state index in [1.807, 2.05) is 20.8 Å². The average molecular weight is 949 g/mol. The van der Waals surface area contributed by atoms with Gasteiger partial charge in [-0.3, -0.25) is 23.7 Å². The number of ether oxygens (including phenoxy) is 1. The summed E-state index contributed by atoms with van der Waals surface area (Å²) in [4.78, 5) is 65.5. The summed E-state index contributed by atoms with van der Waals surface area (Å²) in [6, 6.07) is 11.0. The van der Waals surface area contributed by atoms with E-state index in [1.165, 1.54) is 15.8 Å². The minimum atomic E-state index is -5.61. The van der Waals surface area contributed by atoms with Gasteiger partial charge in [0.15, 0.2) is 29.1 Å². The maximum Gasteiger partial charge on any atom is 0.481 e. The summed E-state index contributed by atoms with van der Waals surface area (Å²) in [5, 5.41) is 60.5. The number of aliphatic hydroxyl groups is 5. The molecule has 3 unspecified atom stereocenters. The lowest BCUT2D eigenvalue weighted by atomic mass is 9.71. The molecule has 0 radical (unpaired) electrons. The fourth-order valence-corrected chi connectivity index (χ4v) is 10.1. The Hall–Kier alpha value is -4.82. The third-order valence-electron chi connectivity index (χ3n) is 11.6. The summed E-state index contributed by atoms with van der Waals surface area (Å²) in [6.45, 7) is 2.70. The number of hydrogen-bond donors (Lipinski definition) is 11. The van der Waals surface area contributed by atoms with Crippen LogP contribution in [-0.4, -0.2) is 141 Å². The molecule has 1 saturated heterocycles. The lowest BCUT2D eigenvalue weighted by Crippen LogP contribution is -2.72. The fourth-order valence-electron chi connectivity index (χ4n) is 7.97. The van der Waals surface area contributed by atoms with Gasteiger partial charge in [0.2, 0.25) is 0 Å². The Kier molecular flexibility index (Phi) is 13.9. The van der Waals surface area contributed by atoms with E-state index in [0.717, 1.165) is 17.5 Å². The Bertz CT molecular complexity index is 2560. The Balaban J connectivity index is 1.04. The fraction of sp³-hybridized carbons (Fsp3) is 0.474. The largest absolute Gasteiger partial charge is 0.481 e. The molecule has 1 fully saturated rings. The number of aryl methyl sites for hydroxylation is 2. The number of aliphatic imine (C=N–C) groups is 1. The number of amides is 3. The van der Waals surface area contributed by atoms with Crippen LogP contribution < -0.4 is 27.0 Å². The number of nitrogen functional groups attached to an aromatic ring is 1. The number of carbonyl (C=O) groups excluding carboxylic acids is 2. The zero-order valence-electron chi connectivity index (χ0n) is 35.1. The predicted molar refractivity (Wildman–Crippen MR) is 229 cm³/mol. The second-order valence-electron chi connectivity index (χ2n) is 15.9. The Morgan fingerprint density at radius 1 is 0.969 bits per heavy atom. The van der Waals surface area contributed by atoms with Crippen LogP contribution in [-0.2, 0) is 32.0 Å². The summed E-state index contributed by atoms with van der Waals surface area (Å²) in [6.07, 6.45) is -9.38. The van der Waals surface area contributed by atoms with Crippen LogP contribution in [0.5, 0.6) is 0 Å². The van der Waals surface area contributed by atoms with Gasteiger partial charge in [0.25, 0.3) is 5.91 Å². The van der Waals surface area contributed by atoms with Crippen LogP contribution in [0.25, 0.3) is 11.2 Å². The number of rotatable bonds is 18. The first-order valence-corrected chi connectivity index (χ1v) is 23.2. The standard InChI is InChI=1S/C38H50N10O15P2/c1-4-21(39)12-22(20-8-6-5-7-9-20)38-35(44-37(55)45-36(38)54)47(24-11-19(3)18(2)10-23(24)46-38)13-25(49)29(51)26(50)14-60-64(56,57)63-65(58,59)61-15-27-30(52)31(53)34(62-27)48-17-43-28-32(40)41-16-42-33(28)48/h5-11,16-17,21-22,25-27,29-31,34,46,49-53H,4,12-15,39H2,1-3H3,(H,56,57)(H,58,59)(H2,40,41,42)(H,45,54,55)/t21?,22-,25-,26+,27+,29-,30+,31+,34+,38-/m0/s1. The Labute approximate surface area is 370 Å². The van der Waals surface area contributed by atoms with E-state index in [-0.39, 0.29) is 29.2 Å². The molecule has 0 saturated carbocycles. The number of urea groups is 1. The van der Waals surface area contributed by atoms with Crippen molar-refractivity contribution in [2.24, 2.45) is 10.7 Å². The van der Waals surface area contributed by atoms with Crippen LogP contribution >= 0.6 is 15.6 Å². The minimum absolute atomic E-state index is 0.0262. The molecule has 3 aliphatic heterocycles. The third kappa shape index (κ3) is 9.71. The van der Waals surface area contributed by atoms with Crippen molar-refractivity contribution in [3.63, 3.8) is 0 Å². The Morgan fingerprint density at radius 2 is 1.66 bits per heavy atom. The SMILES string of the molecule is CCC(N)C[C@@H](c1ccccc1)[C@]12Nc3cc(C)c(C)cc3N(C[C@H](O)[C@H](O)[C@H](O)COP(=O)(O)OP(=O)(O)OC[C@H]3O[C@@H](n4cnc5c(N)ncnc54)[C@H](O)[C@@H]3O)C1=NC(=O)NC2=O. The maximum atomic E-state index is 14.3. The first-order valence-electron chi connectivity index (χ1n) is 20.2. The van der Waals surface area contributed by atoms with E-state index in [4.69, 9.17) is 25.3 Å². The number of β-amino-alcohol motifs (C(OH)–C–C–N with tert-alkyl or cyclic N) is 1. The Morgan fingerprint density at radius 3 is 2.37 bits per heavy atom. The highest BCUT2D eigenvalue weighted by atomic mass is 31.3. The lowest BCUT2D eigenvalue weighted by molar-refractivity contribution is -0.123. The molecule has 352 valence electrons. The van der Waals surface area contributed by atoms with Crippen molar-refractivity contribution < 1.29 is 72.1 Å². The summed E-state index contributed by atoms with van der Waals surface area (Å²) in [5.41, 5.74) is 13.8. The molecule has 3 amide bonds. The zero-order valence-corrected chi connectivity index (χ0v) is 36.8. The number of aliphatic hydroxyl groups excluding tert-OH is 5. The van der Waals surface area contributed by atoms with E-state index < -0.39 is 108 Å². The third-order valence-corrected chi connectivity index (χ3v) is 14.2. The maximum absolute atomic E-state index is 14.3. The second kappa shape index (κ2) is 18.8. The summed E-state index contributed by atoms with van der Waals surface area (Å²) >= 11 is 0. The number of aromatic nitrogens is 4. The highest BCUT2D eigenvalue weighted by Gasteiger charge is 2.59. The highest BCUT2D eigenvalue weighted by Crippen LogP contribution is 2.60. The molecular weight excluding hydrogens is 898 g/mol. The predicted octanol–water partition coefficient (Wildman–Crippen LogP) is 0.208. The lowest BCUT2D eigenvalue weighted by Gasteiger charge is -2.51. The molecule has 7 rings (SSSR count). The van der Waals surface area contributed by atoms with Crippen LogP contribution in [0, 0.1) is 13.8 Å². The van der Waals surface area contributed by atoms with Gasteiger partial charge in [-0.2, -0.15) is 9.30 Å². The number of amidine groups is 1. The monoisotopic (exact) mass is 948 g/mol. The van der Waals surface area contributed by atoms with Gasteiger partial charge in [0.05, 0.1) is 37.5 Å². The second-order valence-corrected chi connectivity index (χ2v) is 19.0. The van der Waals surface area contributed by atoms with Gasteiger partial charge in [-0.15, -0.1) is 0 Å². The van der Waals surface area contributed by atoms with Crippen molar-refractivity contribution in [1.82, 2.24) is 24.8 Å². The molecule has 5 heterocycles. The van der Waals surface area contributed by atoms with Crippen molar-refractivity contribution in [2.45, 2.75) is 94.0 Å². The van der Waals surface area contributed by atoms with E-state index in [9.17, 15) is 54.0 Å². The zero-order chi connectivity index (χ0) is 47.2. The van der Waals surface area contributed by atoms with Gasteiger partial charge in [-0.1, -0.05) is 37.3 Å². The quantitative estimate of drug-likeness (QED) is 0.0594. The molecule has 65 heavy (non-hydrogen) atoms. The highest BCUT2D eigenvalue weighted by molar-refractivity contribution is 7.61. The number of nitrogens with two attached hydrogens (primary N) is 2. The molecule has 0 bridgehead atoms. The van der Waals surface area contributed by atoms with E-state index >= 15 is 0 Å². The number of phosphoric ester groups is 2. The number of benzene rings is 2. The van der Waals surface area contributed by atoms with Crippen molar-refractivity contribution >= 4 is 61.8 Å². The number of fused-ring (bicyclic) bond motifs is 3. The molecule has 12 atom stereocenters. The van der Waals surface area contributed by atoms with Crippen LogP contribution in [0.3, 0.4) is 0 Å². The number of imide groups is 1. The van der Waals surface area contributed by atoms with Crippen LogP contribution in [0.4, 0.5) is 22.0 Å². The number of anilines is 3. The van der Waals surface area contributed by atoms with Crippen molar-refractivity contribution in [1.29, 1.82) is 0 Å². The van der Waals surface area contributed by atoms with Gasteiger partial charge < -0.3 is 61.7 Å². The number of phosphoric acid groups is 2. The van der Waals surface area contributed by atoms with Crippen molar-refractivity contribution in [3.05, 3.63) is 71.8 Å². The number of imidazole rings is 1. The first-order chi connectivity index (χ1) is 30.7. The van der Waals surface area contributed by atoms with Crippen LogP contribution in [0.15, 0.2) is 60.1 Å². The van der Waals surface area contributed by atoms with Crippen molar-refractivity contribution in [2.75, 3.05) is 35.7 Å². The van der Waals surface area contributed by atoms with Gasteiger partial charge in [-0.05, 0) is 55.5 Å². The molecular formula is C38H50N10O15P2. The smallest absolute Gasteiger partial charge is 0.388 e. The molecule has 0 aliphatic carbocycles. The minimum Gasteiger partial charge on any atom is -0.388 e. The summed E-state index contributed by atoms with van der Waals surface area (Å²) in [7, 11) is -11.1.